The predicted octanol–water partition coefficient (Wildman–Crippen LogP) is -0.417. The second-order valence-corrected chi connectivity index (χ2v) is 6.19. The molecule has 2 N–H and O–H groups in total. The average molecular weight is 331 g/mol. The van der Waals surface area contributed by atoms with Gasteiger partial charge in [-0.15, -0.1) is 0 Å². The molecule has 3 heterocycles. The summed E-state index contributed by atoms with van der Waals surface area (Å²) in [4.78, 5) is 42.8. The van der Waals surface area contributed by atoms with Crippen LogP contribution in [-0.2, 0) is 31.1 Å². The van der Waals surface area contributed by atoms with E-state index in [-0.39, 0.29) is 23.4 Å². The highest BCUT2D eigenvalue weighted by Gasteiger charge is 2.23. The smallest absolute Gasteiger partial charge is 0.267 e. The molecule has 0 unspecified atom stereocenters. The van der Waals surface area contributed by atoms with E-state index in [2.05, 4.69) is 15.2 Å². The number of fused-ring (bicyclic) bond motifs is 1. The van der Waals surface area contributed by atoms with Crippen LogP contribution < -0.4 is 11.1 Å². The van der Waals surface area contributed by atoms with E-state index in [9.17, 15) is 14.4 Å². The van der Waals surface area contributed by atoms with Gasteiger partial charge >= 0.3 is 0 Å². The van der Waals surface area contributed by atoms with E-state index in [0.717, 1.165) is 5.69 Å². The molecule has 0 aromatic carbocycles. The lowest BCUT2D eigenvalue weighted by Gasteiger charge is -2.19. The lowest BCUT2D eigenvalue weighted by molar-refractivity contribution is -0.130. The number of nitrogens with one attached hydrogen (secondary N) is 2. The zero-order valence-corrected chi connectivity index (χ0v) is 14.1. The normalized spacial score (nSPS) is 14.4. The van der Waals surface area contributed by atoms with Gasteiger partial charge in [-0.2, -0.15) is 0 Å². The molecule has 0 fully saturated rings. The van der Waals surface area contributed by atoms with Crippen molar-refractivity contribution < 1.29 is 4.79 Å². The molecule has 24 heavy (non-hydrogen) atoms. The molecule has 0 aliphatic carbocycles. The molecule has 1 aliphatic heterocycles. The average Bonchev–Trinajstić information content (AvgIpc) is 2.76. The Morgan fingerprint density at radius 2 is 1.88 bits per heavy atom. The fourth-order valence-corrected chi connectivity index (χ4v) is 3.07. The minimum atomic E-state index is -0.259. The molecule has 0 atom stereocenters. The molecular weight excluding hydrogens is 310 g/mol. The molecule has 0 saturated carbocycles. The Morgan fingerprint density at radius 3 is 2.54 bits per heavy atom. The molecule has 128 valence electrons. The summed E-state index contributed by atoms with van der Waals surface area (Å²) in [5, 5.41) is 5.22. The van der Waals surface area contributed by atoms with Gasteiger partial charge in [-0.1, -0.05) is 0 Å². The maximum atomic E-state index is 12.5. The first kappa shape index (κ1) is 16.2. The van der Waals surface area contributed by atoms with Crippen LogP contribution in [-0.4, -0.2) is 43.6 Å². The van der Waals surface area contributed by atoms with Crippen LogP contribution in [0.1, 0.15) is 28.3 Å². The third kappa shape index (κ3) is 2.79. The number of aromatic nitrogens is 4. The Balaban J connectivity index is 1.79. The van der Waals surface area contributed by atoms with E-state index in [1.54, 1.807) is 30.4 Å². The SMILES string of the molecule is Cc1[nH][nH]c(=O)c1CC(=O)N1CCc2nc(C)n(C)c(=O)c2CC1. The number of hydrogen-bond acceptors (Lipinski definition) is 4. The number of amides is 1. The molecular formula is C16H21N5O3. The molecule has 2 aromatic heterocycles. The van der Waals surface area contributed by atoms with E-state index in [1.165, 1.54) is 0 Å². The number of rotatable bonds is 2. The summed E-state index contributed by atoms with van der Waals surface area (Å²) in [6.07, 6.45) is 1.11. The highest BCUT2D eigenvalue weighted by molar-refractivity contribution is 5.79. The van der Waals surface area contributed by atoms with Crippen molar-refractivity contribution in [2.45, 2.75) is 33.1 Å². The first-order valence-corrected chi connectivity index (χ1v) is 7.97. The number of aryl methyl sites for hydroxylation is 2. The highest BCUT2D eigenvalue weighted by Crippen LogP contribution is 2.12. The van der Waals surface area contributed by atoms with Gasteiger partial charge in [-0.05, 0) is 20.3 Å². The Morgan fingerprint density at radius 1 is 1.17 bits per heavy atom. The molecule has 8 heteroatoms. The maximum absolute atomic E-state index is 12.5. The third-order valence-electron chi connectivity index (χ3n) is 4.71. The minimum absolute atomic E-state index is 0.0373. The molecule has 3 rings (SSSR count). The van der Waals surface area contributed by atoms with Gasteiger partial charge < -0.3 is 10.00 Å². The fraction of sp³-hybridized carbons (Fsp3) is 0.500. The van der Waals surface area contributed by atoms with Crippen LogP contribution in [0.25, 0.3) is 0 Å². The van der Waals surface area contributed by atoms with Gasteiger partial charge in [0.2, 0.25) is 5.91 Å². The quantitative estimate of drug-likeness (QED) is 0.780. The number of aromatic amines is 2. The molecule has 0 radical (unpaired) electrons. The zero-order chi connectivity index (χ0) is 17.4. The second-order valence-electron chi connectivity index (χ2n) is 6.19. The summed E-state index contributed by atoms with van der Waals surface area (Å²) in [7, 11) is 1.71. The Kier molecular flexibility index (Phi) is 4.13. The van der Waals surface area contributed by atoms with Crippen molar-refractivity contribution in [3.8, 4) is 0 Å². The van der Waals surface area contributed by atoms with Crippen LogP contribution in [0.4, 0.5) is 0 Å². The van der Waals surface area contributed by atoms with Crippen molar-refractivity contribution in [3.05, 3.63) is 49.0 Å². The van der Waals surface area contributed by atoms with Crippen molar-refractivity contribution >= 4 is 5.91 Å². The number of nitrogens with zero attached hydrogens (tertiary/aromatic N) is 3. The monoisotopic (exact) mass is 331 g/mol. The Bertz CT molecular complexity index is 905. The van der Waals surface area contributed by atoms with E-state index in [0.29, 0.717) is 48.6 Å². The number of carbonyl (C=O) groups excluding carboxylic acids is 1. The lowest BCUT2D eigenvalue weighted by atomic mass is 10.1. The standard InChI is InChI=1S/C16H21N5O3/c1-9-12(15(23)19-18-9)8-14(22)21-6-4-11-13(5-7-21)17-10(2)20(3)16(11)24/h4-8H2,1-3H3,(H2,18,19,23). The molecule has 0 spiro atoms. The molecule has 0 saturated heterocycles. The maximum Gasteiger partial charge on any atom is 0.267 e. The van der Waals surface area contributed by atoms with Crippen LogP contribution in [0.5, 0.6) is 0 Å². The lowest BCUT2D eigenvalue weighted by Crippen LogP contribution is -2.35. The van der Waals surface area contributed by atoms with Gasteiger partial charge in [0.1, 0.15) is 5.82 Å². The summed E-state index contributed by atoms with van der Waals surface area (Å²) >= 11 is 0. The van der Waals surface area contributed by atoms with E-state index >= 15 is 0 Å². The largest absolute Gasteiger partial charge is 0.342 e. The van der Waals surface area contributed by atoms with Crippen LogP contribution in [0.3, 0.4) is 0 Å². The number of carbonyl (C=O) groups is 1. The Labute approximate surface area is 138 Å². The van der Waals surface area contributed by atoms with E-state index in [1.807, 2.05) is 0 Å². The third-order valence-corrected chi connectivity index (χ3v) is 4.71. The van der Waals surface area contributed by atoms with Gasteiger partial charge in [0, 0.05) is 43.4 Å². The first-order valence-electron chi connectivity index (χ1n) is 7.97. The Hall–Kier alpha value is -2.64. The number of hydrogen-bond donors (Lipinski definition) is 2. The van der Waals surface area contributed by atoms with Crippen LogP contribution >= 0.6 is 0 Å². The highest BCUT2D eigenvalue weighted by atomic mass is 16.2. The zero-order valence-electron chi connectivity index (χ0n) is 14.1. The van der Waals surface area contributed by atoms with Gasteiger partial charge in [0.15, 0.2) is 0 Å². The summed E-state index contributed by atoms with van der Waals surface area (Å²) < 4.78 is 1.54. The van der Waals surface area contributed by atoms with Crippen LogP contribution in [0, 0.1) is 13.8 Å². The van der Waals surface area contributed by atoms with Crippen LogP contribution in [0.15, 0.2) is 9.59 Å². The van der Waals surface area contributed by atoms with Gasteiger partial charge in [0.25, 0.3) is 11.1 Å². The molecule has 1 amide bonds. The fourth-order valence-electron chi connectivity index (χ4n) is 3.07. The van der Waals surface area contributed by atoms with E-state index < -0.39 is 0 Å². The summed E-state index contributed by atoms with van der Waals surface area (Å²) in [5.41, 5.74) is 2.31. The summed E-state index contributed by atoms with van der Waals surface area (Å²) in [5.74, 6) is 0.567. The topological polar surface area (TPSA) is 104 Å². The van der Waals surface area contributed by atoms with E-state index in [4.69, 9.17) is 0 Å². The van der Waals surface area contributed by atoms with Crippen molar-refractivity contribution in [2.75, 3.05) is 13.1 Å². The van der Waals surface area contributed by atoms with Crippen molar-refractivity contribution in [3.63, 3.8) is 0 Å². The second kappa shape index (κ2) is 6.10. The molecule has 0 bridgehead atoms. The van der Waals surface area contributed by atoms with Gasteiger partial charge in [-0.25, -0.2) is 4.98 Å². The van der Waals surface area contributed by atoms with Crippen LogP contribution in [0.2, 0.25) is 0 Å². The minimum Gasteiger partial charge on any atom is -0.342 e. The molecule has 1 aliphatic rings. The van der Waals surface area contributed by atoms with Crippen molar-refractivity contribution in [2.24, 2.45) is 7.05 Å². The predicted molar refractivity (Wildman–Crippen MR) is 88.1 cm³/mol. The number of H-pyrrole nitrogens is 2. The van der Waals surface area contributed by atoms with Gasteiger partial charge in [-0.3, -0.25) is 24.0 Å². The first-order chi connectivity index (χ1) is 11.4. The summed E-state index contributed by atoms with van der Waals surface area (Å²) in [6, 6.07) is 0. The van der Waals surface area contributed by atoms with Crippen molar-refractivity contribution in [1.82, 2.24) is 24.6 Å². The molecule has 8 nitrogen and oxygen atoms in total. The molecule has 2 aromatic rings. The van der Waals surface area contributed by atoms with Gasteiger partial charge in [0.05, 0.1) is 12.1 Å². The summed E-state index contributed by atoms with van der Waals surface area (Å²) in [6.45, 7) is 4.53. The van der Waals surface area contributed by atoms with Crippen molar-refractivity contribution in [1.29, 1.82) is 0 Å².